The van der Waals surface area contributed by atoms with Crippen LogP contribution < -0.4 is 5.32 Å². The van der Waals surface area contributed by atoms with Gasteiger partial charge in [0.2, 0.25) is 0 Å². The zero-order valence-electron chi connectivity index (χ0n) is 10.3. The van der Waals surface area contributed by atoms with Gasteiger partial charge in [0.25, 0.3) is 0 Å². The summed E-state index contributed by atoms with van der Waals surface area (Å²) in [5.74, 6) is 0.727. The molecule has 1 N–H and O–H groups in total. The first kappa shape index (κ1) is 12.7. The normalized spacial score (nSPS) is 13.4. The Balaban J connectivity index is 2.43. The maximum absolute atomic E-state index is 3.57. The van der Waals surface area contributed by atoms with Crippen LogP contribution in [0, 0.1) is 12.8 Å². The van der Waals surface area contributed by atoms with Crippen LogP contribution in [0.2, 0.25) is 0 Å². The first-order chi connectivity index (χ1) is 7.15. The molecular formula is C13H23NS. The van der Waals surface area contributed by atoms with Crippen molar-refractivity contribution >= 4 is 11.3 Å². The highest BCUT2D eigenvalue weighted by molar-refractivity contribution is 7.10. The van der Waals surface area contributed by atoms with Crippen LogP contribution in [-0.4, -0.2) is 12.6 Å². The predicted octanol–water partition coefficient (Wildman–Crippen LogP) is 3.62. The number of rotatable bonds is 6. The first-order valence-electron chi connectivity index (χ1n) is 5.91. The van der Waals surface area contributed by atoms with Crippen molar-refractivity contribution in [3.05, 3.63) is 21.9 Å². The molecule has 15 heavy (non-hydrogen) atoms. The van der Waals surface area contributed by atoms with Crippen molar-refractivity contribution in [3.63, 3.8) is 0 Å². The quantitative estimate of drug-likeness (QED) is 0.779. The fourth-order valence-electron chi connectivity index (χ4n) is 1.88. The van der Waals surface area contributed by atoms with E-state index in [1.807, 2.05) is 11.3 Å². The molecule has 1 unspecified atom stereocenters. The highest BCUT2D eigenvalue weighted by Crippen LogP contribution is 2.19. The van der Waals surface area contributed by atoms with Gasteiger partial charge in [0, 0.05) is 10.9 Å². The molecule has 1 rings (SSSR count). The summed E-state index contributed by atoms with van der Waals surface area (Å²) < 4.78 is 0. The smallest absolute Gasteiger partial charge is 0.00934 e. The Hall–Kier alpha value is -0.340. The molecule has 1 aromatic heterocycles. The van der Waals surface area contributed by atoms with Gasteiger partial charge in [-0.2, -0.15) is 0 Å². The lowest BCUT2D eigenvalue weighted by molar-refractivity contribution is 0.386. The highest BCUT2D eigenvalue weighted by atomic mass is 32.1. The number of nitrogens with one attached hydrogen (secondary N) is 1. The fraction of sp³-hybridized carbons (Fsp3) is 0.692. The monoisotopic (exact) mass is 225 g/mol. The van der Waals surface area contributed by atoms with Gasteiger partial charge in [-0.25, -0.2) is 0 Å². The maximum Gasteiger partial charge on any atom is 0.00934 e. The molecule has 1 heterocycles. The minimum absolute atomic E-state index is 0.663. The topological polar surface area (TPSA) is 12.0 Å². The molecule has 0 saturated heterocycles. The molecule has 0 spiro atoms. The Morgan fingerprint density at radius 3 is 2.60 bits per heavy atom. The Morgan fingerprint density at radius 2 is 2.13 bits per heavy atom. The second-order valence-electron chi connectivity index (χ2n) is 4.47. The lowest BCUT2D eigenvalue weighted by atomic mass is 9.98. The lowest BCUT2D eigenvalue weighted by Gasteiger charge is -2.21. The summed E-state index contributed by atoms with van der Waals surface area (Å²) in [5.41, 5.74) is 1.46. The van der Waals surface area contributed by atoms with Gasteiger partial charge in [-0.05, 0) is 49.2 Å². The Labute approximate surface area is 97.9 Å². The molecule has 0 aliphatic heterocycles. The Bertz CT molecular complexity index is 278. The molecule has 0 saturated carbocycles. The minimum Gasteiger partial charge on any atom is -0.314 e. The van der Waals surface area contributed by atoms with Crippen molar-refractivity contribution in [1.29, 1.82) is 0 Å². The van der Waals surface area contributed by atoms with Crippen LogP contribution >= 0.6 is 11.3 Å². The van der Waals surface area contributed by atoms with E-state index in [-0.39, 0.29) is 0 Å². The van der Waals surface area contributed by atoms with Gasteiger partial charge in [0.05, 0.1) is 0 Å². The average molecular weight is 225 g/mol. The van der Waals surface area contributed by atoms with Crippen molar-refractivity contribution in [2.45, 2.75) is 46.6 Å². The van der Waals surface area contributed by atoms with Crippen LogP contribution in [0.1, 0.15) is 37.6 Å². The number of hydrogen-bond donors (Lipinski definition) is 1. The highest BCUT2D eigenvalue weighted by Gasteiger charge is 2.12. The van der Waals surface area contributed by atoms with Gasteiger partial charge in [0.1, 0.15) is 0 Å². The van der Waals surface area contributed by atoms with Crippen LogP contribution in [0.5, 0.6) is 0 Å². The third-order valence-electron chi connectivity index (χ3n) is 2.92. The fourth-order valence-corrected chi connectivity index (χ4v) is 2.81. The van der Waals surface area contributed by atoms with Gasteiger partial charge < -0.3 is 5.32 Å². The van der Waals surface area contributed by atoms with Gasteiger partial charge >= 0.3 is 0 Å². The van der Waals surface area contributed by atoms with Crippen molar-refractivity contribution in [3.8, 4) is 0 Å². The van der Waals surface area contributed by atoms with Gasteiger partial charge in [-0.15, -0.1) is 11.3 Å². The van der Waals surface area contributed by atoms with Gasteiger partial charge in [-0.3, -0.25) is 0 Å². The number of hydrogen-bond acceptors (Lipinski definition) is 2. The van der Waals surface area contributed by atoms with Crippen LogP contribution in [-0.2, 0) is 6.42 Å². The largest absolute Gasteiger partial charge is 0.314 e. The van der Waals surface area contributed by atoms with E-state index >= 15 is 0 Å². The SMILES string of the molecule is CCNC(CCc1sccc1C)C(C)C. The van der Waals surface area contributed by atoms with Crippen molar-refractivity contribution < 1.29 is 0 Å². The molecule has 1 atom stereocenters. The summed E-state index contributed by atoms with van der Waals surface area (Å²) in [4.78, 5) is 1.55. The molecule has 2 heteroatoms. The molecule has 0 aliphatic rings. The summed E-state index contributed by atoms with van der Waals surface area (Å²) in [5, 5.41) is 5.77. The Kier molecular flexibility index (Phi) is 5.34. The molecule has 0 aliphatic carbocycles. The van der Waals surface area contributed by atoms with Crippen LogP contribution in [0.3, 0.4) is 0 Å². The third kappa shape index (κ3) is 3.96. The van der Waals surface area contributed by atoms with Crippen molar-refractivity contribution in [1.82, 2.24) is 5.32 Å². The van der Waals surface area contributed by atoms with Crippen LogP contribution in [0.25, 0.3) is 0 Å². The number of aryl methyl sites for hydroxylation is 2. The molecule has 0 fully saturated rings. The zero-order chi connectivity index (χ0) is 11.3. The standard InChI is InChI=1S/C13H23NS/c1-5-14-12(10(2)3)6-7-13-11(4)8-9-15-13/h8-10,12,14H,5-7H2,1-4H3. The molecule has 1 aromatic rings. The van der Waals surface area contributed by atoms with Crippen LogP contribution in [0.4, 0.5) is 0 Å². The molecule has 0 amide bonds. The molecule has 0 aromatic carbocycles. The van der Waals surface area contributed by atoms with E-state index < -0.39 is 0 Å². The van der Waals surface area contributed by atoms with Gasteiger partial charge in [0.15, 0.2) is 0 Å². The van der Waals surface area contributed by atoms with Gasteiger partial charge in [-0.1, -0.05) is 20.8 Å². The minimum atomic E-state index is 0.663. The van der Waals surface area contributed by atoms with Crippen molar-refractivity contribution in [2.75, 3.05) is 6.54 Å². The second kappa shape index (κ2) is 6.29. The molecule has 0 bridgehead atoms. The van der Waals surface area contributed by atoms with E-state index in [2.05, 4.69) is 44.5 Å². The van der Waals surface area contributed by atoms with E-state index in [1.165, 1.54) is 18.4 Å². The summed E-state index contributed by atoms with van der Waals surface area (Å²) in [6, 6.07) is 2.88. The lowest BCUT2D eigenvalue weighted by Crippen LogP contribution is -2.34. The molecular weight excluding hydrogens is 202 g/mol. The summed E-state index contributed by atoms with van der Waals surface area (Å²) >= 11 is 1.89. The maximum atomic E-state index is 3.57. The predicted molar refractivity (Wildman–Crippen MR) is 69.7 cm³/mol. The molecule has 0 radical (unpaired) electrons. The summed E-state index contributed by atoms with van der Waals surface area (Å²) in [6.07, 6.45) is 2.48. The van der Waals surface area contributed by atoms with E-state index in [0.717, 1.165) is 12.5 Å². The van der Waals surface area contributed by atoms with E-state index in [9.17, 15) is 0 Å². The van der Waals surface area contributed by atoms with E-state index in [1.54, 1.807) is 4.88 Å². The van der Waals surface area contributed by atoms with Crippen molar-refractivity contribution in [2.24, 2.45) is 5.92 Å². The summed E-state index contributed by atoms with van der Waals surface area (Å²) in [7, 11) is 0. The second-order valence-corrected chi connectivity index (χ2v) is 5.47. The molecule has 1 nitrogen and oxygen atoms in total. The van der Waals surface area contributed by atoms with E-state index in [0.29, 0.717) is 6.04 Å². The van der Waals surface area contributed by atoms with Crippen LogP contribution in [0.15, 0.2) is 11.4 Å². The number of thiophene rings is 1. The zero-order valence-corrected chi connectivity index (χ0v) is 11.2. The summed E-state index contributed by atoms with van der Waals surface area (Å²) in [6.45, 7) is 10.1. The average Bonchev–Trinajstić information content (AvgIpc) is 2.58. The Morgan fingerprint density at radius 1 is 1.40 bits per heavy atom. The third-order valence-corrected chi connectivity index (χ3v) is 4.00. The first-order valence-corrected chi connectivity index (χ1v) is 6.79. The van der Waals surface area contributed by atoms with E-state index in [4.69, 9.17) is 0 Å². The molecule has 86 valence electrons.